The molecule has 0 fully saturated rings. The number of esters is 1. The molecule has 3 heterocycles. The highest BCUT2D eigenvalue weighted by atomic mass is 32.2. The Hall–Kier alpha value is -2.43. The number of carbonyl (C=O) groups is 2. The summed E-state index contributed by atoms with van der Waals surface area (Å²) in [6, 6.07) is 2.15. The second-order valence-corrected chi connectivity index (χ2v) is 11.7. The van der Waals surface area contributed by atoms with Crippen molar-refractivity contribution in [3.8, 4) is 11.4 Å². The molecule has 0 unspecified atom stereocenters. The van der Waals surface area contributed by atoms with Crippen LogP contribution in [-0.4, -0.2) is 39.5 Å². The van der Waals surface area contributed by atoms with E-state index in [-0.39, 0.29) is 17.6 Å². The molecule has 0 aromatic carbocycles. The number of anilines is 1. The fourth-order valence-electron chi connectivity index (χ4n) is 4.12. The Balaban J connectivity index is 1.50. The second kappa shape index (κ2) is 11.5. The van der Waals surface area contributed by atoms with E-state index in [1.54, 1.807) is 17.4 Å². The number of hydrogen-bond acceptors (Lipinski definition) is 8. The number of methoxy groups -OCH3 is 1. The maximum Gasteiger partial charge on any atom is 0.341 e. The Morgan fingerprint density at radius 3 is 2.80 bits per heavy atom. The van der Waals surface area contributed by atoms with E-state index in [9.17, 15) is 9.59 Å². The van der Waals surface area contributed by atoms with Crippen molar-refractivity contribution in [1.82, 2.24) is 14.8 Å². The van der Waals surface area contributed by atoms with Gasteiger partial charge in [0.2, 0.25) is 5.91 Å². The molecule has 0 radical (unpaired) electrons. The fourth-order valence-corrected chi connectivity index (χ4v) is 7.06. The van der Waals surface area contributed by atoms with Crippen LogP contribution in [0.1, 0.15) is 64.7 Å². The third kappa shape index (κ3) is 5.70. The summed E-state index contributed by atoms with van der Waals surface area (Å²) in [6.07, 6.45) is 6.87. The SMILES string of the molecule is C=CCn1c(SCC(=O)Nc2sc3c(c2C(=O)OC)CCCCC3)nnc1-c1csc(C(C)C)c1. The molecule has 1 N–H and O–H groups in total. The molecule has 4 rings (SSSR count). The molecule has 35 heavy (non-hydrogen) atoms. The number of thioether (sulfide) groups is 1. The number of carbonyl (C=O) groups excluding carboxylic acids is 2. The van der Waals surface area contributed by atoms with Gasteiger partial charge in [-0.15, -0.1) is 39.4 Å². The molecule has 0 saturated carbocycles. The zero-order valence-corrected chi connectivity index (χ0v) is 22.7. The normalized spacial score (nSPS) is 13.4. The minimum absolute atomic E-state index is 0.152. The topological polar surface area (TPSA) is 86.1 Å². The van der Waals surface area contributed by atoms with Gasteiger partial charge in [-0.1, -0.05) is 38.1 Å². The molecule has 0 aliphatic heterocycles. The molecule has 7 nitrogen and oxygen atoms in total. The molecular weight excluding hydrogens is 501 g/mol. The summed E-state index contributed by atoms with van der Waals surface area (Å²) < 4.78 is 7.01. The van der Waals surface area contributed by atoms with Gasteiger partial charge in [-0.05, 0) is 43.2 Å². The number of nitrogens with one attached hydrogen (secondary N) is 1. The van der Waals surface area contributed by atoms with Crippen LogP contribution in [0.3, 0.4) is 0 Å². The number of fused-ring (bicyclic) bond motifs is 1. The molecule has 0 saturated heterocycles. The average Bonchev–Trinajstić information content (AvgIpc) is 3.51. The Morgan fingerprint density at radius 1 is 1.29 bits per heavy atom. The van der Waals surface area contributed by atoms with Crippen molar-refractivity contribution in [2.75, 3.05) is 18.2 Å². The summed E-state index contributed by atoms with van der Waals surface area (Å²) in [5.41, 5.74) is 2.57. The van der Waals surface area contributed by atoms with Crippen LogP contribution in [0.15, 0.2) is 29.3 Å². The number of amides is 1. The van der Waals surface area contributed by atoms with Gasteiger partial charge < -0.3 is 10.1 Å². The van der Waals surface area contributed by atoms with Crippen molar-refractivity contribution in [2.24, 2.45) is 0 Å². The number of thiophene rings is 2. The van der Waals surface area contributed by atoms with E-state index in [0.717, 1.165) is 49.1 Å². The first-order valence-electron chi connectivity index (χ1n) is 11.7. The standard InChI is InChI=1S/C25H30N4O3S3/c1-5-11-29-22(16-12-19(15(2)3)33-13-16)27-28-25(29)34-14-20(30)26-23-21(24(31)32-4)17-9-7-6-8-10-18(17)35-23/h5,12-13,15H,1,6-11,14H2,2-4H3,(H,26,30). The monoisotopic (exact) mass is 530 g/mol. The third-order valence-electron chi connectivity index (χ3n) is 5.87. The van der Waals surface area contributed by atoms with Crippen molar-refractivity contribution in [2.45, 2.75) is 63.6 Å². The number of aryl methyl sites for hydroxylation is 1. The fraction of sp³-hybridized carbons (Fsp3) is 0.440. The maximum absolute atomic E-state index is 12.9. The average molecular weight is 531 g/mol. The number of aromatic nitrogens is 3. The highest BCUT2D eigenvalue weighted by molar-refractivity contribution is 7.99. The molecule has 0 atom stereocenters. The maximum atomic E-state index is 12.9. The number of hydrogen-bond donors (Lipinski definition) is 1. The van der Waals surface area contributed by atoms with Crippen LogP contribution in [-0.2, 0) is 28.9 Å². The predicted molar refractivity (Wildman–Crippen MR) is 144 cm³/mol. The quantitative estimate of drug-likeness (QED) is 0.154. The molecule has 1 aliphatic carbocycles. The summed E-state index contributed by atoms with van der Waals surface area (Å²) in [6.45, 7) is 8.74. The van der Waals surface area contributed by atoms with Crippen molar-refractivity contribution >= 4 is 51.3 Å². The molecule has 10 heteroatoms. The minimum atomic E-state index is -0.390. The van der Waals surface area contributed by atoms with E-state index in [1.807, 2.05) is 4.57 Å². The van der Waals surface area contributed by atoms with Crippen molar-refractivity contribution in [1.29, 1.82) is 0 Å². The highest BCUT2D eigenvalue weighted by Gasteiger charge is 2.26. The lowest BCUT2D eigenvalue weighted by Crippen LogP contribution is -2.16. The van der Waals surface area contributed by atoms with Crippen LogP contribution in [0.2, 0.25) is 0 Å². The van der Waals surface area contributed by atoms with Crippen LogP contribution in [0.4, 0.5) is 5.00 Å². The highest BCUT2D eigenvalue weighted by Crippen LogP contribution is 2.38. The molecular formula is C25H30N4O3S3. The number of ether oxygens (including phenoxy) is 1. The van der Waals surface area contributed by atoms with E-state index in [2.05, 4.69) is 47.4 Å². The lowest BCUT2D eigenvalue weighted by atomic mass is 10.1. The third-order valence-corrected chi connectivity index (χ3v) is 9.28. The summed E-state index contributed by atoms with van der Waals surface area (Å²) in [5, 5.41) is 15.0. The zero-order chi connectivity index (χ0) is 24.9. The Morgan fingerprint density at radius 2 is 2.09 bits per heavy atom. The van der Waals surface area contributed by atoms with E-state index in [0.29, 0.717) is 28.2 Å². The van der Waals surface area contributed by atoms with E-state index < -0.39 is 0 Å². The van der Waals surface area contributed by atoms with E-state index in [4.69, 9.17) is 4.74 Å². The number of nitrogens with zero attached hydrogens (tertiary/aromatic N) is 3. The van der Waals surface area contributed by atoms with Crippen LogP contribution in [0, 0.1) is 0 Å². The van der Waals surface area contributed by atoms with Crippen LogP contribution < -0.4 is 5.32 Å². The van der Waals surface area contributed by atoms with Crippen molar-refractivity contribution in [3.05, 3.63) is 45.0 Å². The Labute approximate surface area is 218 Å². The summed E-state index contributed by atoms with van der Waals surface area (Å²) in [7, 11) is 1.38. The van der Waals surface area contributed by atoms with Crippen LogP contribution >= 0.6 is 34.4 Å². The van der Waals surface area contributed by atoms with Gasteiger partial charge in [-0.2, -0.15) is 0 Å². The number of rotatable bonds is 9. The lowest BCUT2D eigenvalue weighted by Gasteiger charge is -2.08. The first-order valence-corrected chi connectivity index (χ1v) is 14.4. The summed E-state index contributed by atoms with van der Waals surface area (Å²) in [5.74, 6) is 0.789. The smallest absolute Gasteiger partial charge is 0.341 e. The van der Waals surface area contributed by atoms with Crippen LogP contribution in [0.25, 0.3) is 11.4 Å². The molecule has 186 valence electrons. The molecule has 3 aromatic rings. The van der Waals surface area contributed by atoms with Crippen molar-refractivity contribution in [3.63, 3.8) is 0 Å². The first kappa shape index (κ1) is 25.7. The minimum Gasteiger partial charge on any atom is -0.465 e. The van der Waals surface area contributed by atoms with Gasteiger partial charge in [0.15, 0.2) is 11.0 Å². The molecule has 0 spiro atoms. The van der Waals surface area contributed by atoms with E-state index >= 15 is 0 Å². The first-order chi connectivity index (χ1) is 16.9. The van der Waals surface area contributed by atoms with Crippen LogP contribution in [0.5, 0.6) is 0 Å². The Kier molecular flexibility index (Phi) is 8.46. The van der Waals surface area contributed by atoms with E-state index in [1.165, 1.54) is 40.0 Å². The largest absolute Gasteiger partial charge is 0.465 e. The molecule has 0 bridgehead atoms. The lowest BCUT2D eigenvalue weighted by molar-refractivity contribution is -0.113. The zero-order valence-electron chi connectivity index (χ0n) is 20.3. The van der Waals surface area contributed by atoms with Crippen molar-refractivity contribution < 1.29 is 14.3 Å². The van der Waals surface area contributed by atoms with Gasteiger partial charge >= 0.3 is 5.97 Å². The summed E-state index contributed by atoms with van der Waals surface area (Å²) in [4.78, 5) is 27.9. The van der Waals surface area contributed by atoms with Gasteiger partial charge in [-0.3, -0.25) is 9.36 Å². The van der Waals surface area contributed by atoms with Gasteiger partial charge in [0, 0.05) is 27.2 Å². The molecule has 3 aromatic heterocycles. The van der Waals surface area contributed by atoms with Gasteiger partial charge in [-0.25, -0.2) is 4.79 Å². The van der Waals surface area contributed by atoms with Gasteiger partial charge in [0.25, 0.3) is 0 Å². The summed E-state index contributed by atoms with van der Waals surface area (Å²) >= 11 is 4.53. The second-order valence-electron chi connectivity index (χ2n) is 8.69. The molecule has 1 aliphatic rings. The predicted octanol–water partition coefficient (Wildman–Crippen LogP) is 6.16. The van der Waals surface area contributed by atoms with Gasteiger partial charge in [0.1, 0.15) is 5.00 Å². The number of allylic oxidation sites excluding steroid dienone is 1. The molecule has 1 amide bonds. The Bertz CT molecular complexity index is 1220. The van der Waals surface area contributed by atoms with Gasteiger partial charge in [0.05, 0.1) is 18.4 Å².